The molecule has 2 N–H and O–H groups in total. The van der Waals surface area contributed by atoms with Crippen LogP contribution in [0.2, 0.25) is 0 Å². The molecule has 0 aliphatic carbocycles. The zero-order valence-electron chi connectivity index (χ0n) is 13.7. The van der Waals surface area contributed by atoms with Gasteiger partial charge >= 0.3 is 6.03 Å². The summed E-state index contributed by atoms with van der Waals surface area (Å²) >= 11 is 1.39. The van der Waals surface area contributed by atoms with E-state index < -0.39 is 0 Å². The number of methoxy groups -OCH3 is 1. The van der Waals surface area contributed by atoms with Crippen molar-refractivity contribution >= 4 is 22.5 Å². The van der Waals surface area contributed by atoms with E-state index in [9.17, 15) is 4.79 Å². The molecule has 0 aliphatic rings. The fourth-order valence-corrected chi connectivity index (χ4v) is 2.99. The summed E-state index contributed by atoms with van der Waals surface area (Å²) in [5.74, 6) is 0.813. The van der Waals surface area contributed by atoms with Crippen LogP contribution in [0.5, 0.6) is 5.75 Å². The highest BCUT2D eigenvalue weighted by atomic mass is 32.1. The first-order valence-corrected chi connectivity index (χ1v) is 8.66. The van der Waals surface area contributed by atoms with Crippen LogP contribution in [-0.4, -0.2) is 29.7 Å². The molecule has 0 bridgehead atoms. The van der Waals surface area contributed by atoms with Crippen molar-refractivity contribution in [3.63, 3.8) is 0 Å². The molecule has 0 saturated heterocycles. The number of aromatic nitrogens is 2. The molecule has 2 heterocycles. The molecule has 2 aromatic heterocycles. The number of urea groups is 1. The average molecular weight is 354 g/mol. The molecule has 25 heavy (non-hydrogen) atoms. The maximum absolute atomic E-state index is 12.0. The minimum Gasteiger partial charge on any atom is -0.497 e. The smallest absolute Gasteiger partial charge is 0.321 e. The standard InChI is InChI=1S/C18H18N4O2S/c1-24-15-4-2-3-13(11-15)5-10-20-17(23)22-18-21-16(12-25-18)14-6-8-19-9-7-14/h2-4,6-9,11-12H,5,10H2,1H3,(H2,20,21,22,23). The molecule has 0 radical (unpaired) electrons. The van der Waals surface area contributed by atoms with Crippen molar-refractivity contribution in [1.82, 2.24) is 15.3 Å². The Labute approximate surface area is 149 Å². The minimum atomic E-state index is -0.265. The van der Waals surface area contributed by atoms with Crippen molar-refractivity contribution in [3.05, 3.63) is 59.7 Å². The van der Waals surface area contributed by atoms with Gasteiger partial charge in [-0.1, -0.05) is 12.1 Å². The van der Waals surface area contributed by atoms with Gasteiger partial charge in [0.1, 0.15) is 5.75 Å². The number of nitrogens with one attached hydrogen (secondary N) is 2. The normalized spacial score (nSPS) is 10.3. The number of benzene rings is 1. The molecule has 0 saturated carbocycles. The van der Waals surface area contributed by atoms with Crippen LogP contribution in [-0.2, 0) is 6.42 Å². The molecule has 6 nitrogen and oxygen atoms in total. The zero-order valence-corrected chi connectivity index (χ0v) is 14.5. The average Bonchev–Trinajstić information content (AvgIpc) is 3.11. The number of anilines is 1. The van der Waals surface area contributed by atoms with Crippen LogP contribution in [0.15, 0.2) is 54.2 Å². The van der Waals surface area contributed by atoms with Gasteiger partial charge in [-0.25, -0.2) is 9.78 Å². The van der Waals surface area contributed by atoms with Gasteiger partial charge in [-0.2, -0.15) is 0 Å². The van der Waals surface area contributed by atoms with Crippen molar-refractivity contribution in [3.8, 4) is 17.0 Å². The van der Waals surface area contributed by atoms with Gasteiger partial charge in [-0.05, 0) is 36.2 Å². The van der Waals surface area contributed by atoms with E-state index in [1.165, 1.54) is 11.3 Å². The molecule has 128 valence electrons. The highest BCUT2D eigenvalue weighted by molar-refractivity contribution is 7.14. The summed E-state index contributed by atoms with van der Waals surface area (Å²) in [7, 11) is 1.64. The van der Waals surface area contributed by atoms with Crippen molar-refractivity contribution in [2.45, 2.75) is 6.42 Å². The van der Waals surface area contributed by atoms with E-state index in [0.717, 1.165) is 29.0 Å². The molecule has 2 amide bonds. The van der Waals surface area contributed by atoms with Gasteiger partial charge in [0.25, 0.3) is 0 Å². The Morgan fingerprint density at radius 3 is 2.88 bits per heavy atom. The van der Waals surface area contributed by atoms with Crippen LogP contribution in [0, 0.1) is 0 Å². The Balaban J connectivity index is 1.49. The molecule has 3 rings (SSSR count). The van der Waals surface area contributed by atoms with Crippen molar-refractivity contribution in [1.29, 1.82) is 0 Å². The van der Waals surface area contributed by atoms with Crippen molar-refractivity contribution in [2.24, 2.45) is 0 Å². The largest absolute Gasteiger partial charge is 0.497 e. The number of nitrogens with zero attached hydrogens (tertiary/aromatic N) is 2. The first-order chi connectivity index (χ1) is 12.2. The predicted octanol–water partition coefficient (Wildman–Crippen LogP) is 3.58. The van der Waals surface area contributed by atoms with Gasteiger partial charge in [-0.3, -0.25) is 10.3 Å². The molecule has 0 atom stereocenters. The summed E-state index contributed by atoms with van der Waals surface area (Å²) in [6, 6.07) is 11.3. The van der Waals surface area contributed by atoms with E-state index in [4.69, 9.17) is 4.74 Å². The van der Waals surface area contributed by atoms with Gasteiger partial charge in [0.2, 0.25) is 0 Å². The molecule has 1 aromatic carbocycles. The summed E-state index contributed by atoms with van der Waals surface area (Å²) < 4.78 is 5.19. The third kappa shape index (κ3) is 4.77. The lowest BCUT2D eigenvalue weighted by molar-refractivity contribution is 0.252. The van der Waals surface area contributed by atoms with Crippen LogP contribution < -0.4 is 15.4 Å². The third-order valence-electron chi connectivity index (χ3n) is 3.53. The Kier molecular flexibility index (Phi) is 5.58. The second-order valence-corrected chi connectivity index (χ2v) is 6.11. The lowest BCUT2D eigenvalue weighted by atomic mass is 10.1. The number of carbonyl (C=O) groups is 1. The summed E-state index contributed by atoms with van der Waals surface area (Å²) in [5.41, 5.74) is 2.89. The van der Waals surface area contributed by atoms with Crippen LogP contribution in [0.3, 0.4) is 0 Å². The SMILES string of the molecule is COc1cccc(CCNC(=O)Nc2nc(-c3ccncc3)cs2)c1. The molecule has 0 unspecified atom stereocenters. The van der Waals surface area contributed by atoms with Gasteiger partial charge in [0.05, 0.1) is 12.8 Å². The van der Waals surface area contributed by atoms with E-state index in [2.05, 4.69) is 20.6 Å². The van der Waals surface area contributed by atoms with Crippen LogP contribution in [0.25, 0.3) is 11.3 Å². The van der Waals surface area contributed by atoms with E-state index in [0.29, 0.717) is 11.7 Å². The fraction of sp³-hybridized carbons (Fsp3) is 0.167. The van der Waals surface area contributed by atoms with Crippen molar-refractivity contribution < 1.29 is 9.53 Å². The first kappa shape index (κ1) is 16.9. The summed E-state index contributed by atoms with van der Waals surface area (Å²) in [6.45, 7) is 0.529. The van der Waals surface area contributed by atoms with Crippen LogP contribution >= 0.6 is 11.3 Å². The van der Waals surface area contributed by atoms with Crippen molar-refractivity contribution in [2.75, 3.05) is 19.0 Å². The monoisotopic (exact) mass is 354 g/mol. The lowest BCUT2D eigenvalue weighted by Crippen LogP contribution is -2.30. The van der Waals surface area contributed by atoms with Gasteiger partial charge in [0.15, 0.2) is 5.13 Å². The molecule has 0 fully saturated rings. The lowest BCUT2D eigenvalue weighted by Gasteiger charge is -2.07. The van der Waals surface area contributed by atoms with Crippen LogP contribution in [0.4, 0.5) is 9.93 Å². The Morgan fingerprint density at radius 2 is 2.08 bits per heavy atom. The Morgan fingerprint density at radius 1 is 1.24 bits per heavy atom. The first-order valence-electron chi connectivity index (χ1n) is 7.78. The molecular weight excluding hydrogens is 336 g/mol. The zero-order chi connectivity index (χ0) is 17.5. The Bertz CT molecular complexity index is 836. The topological polar surface area (TPSA) is 76.1 Å². The van der Waals surface area contributed by atoms with E-state index in [1.807, 2.05) is 41.8 Å². The maximum atomic E-state index is 12.0. The number of hydrogen-bond acceptors (Lipinski definition) is 5. The molecular formula is C18H18N4O2S. The van der Waals surface area contributed by atoms with E-state index >= 15 is 0 Å². The maximum Gasteiger partial charge on any atom is 0.321 e. The number of ether oxygens (including phenoxy) is 1. The second kappa shape index (κ2) is 8.25. The summed E-state index contributed by atoms with van der Waals surface area (Å²) in [5, 5.41) is 8.05. The molecule has 0 aliphatic heterocycles. The van der Waals surface area contributed by atoms with Gasteiger partial charge < -0.3 is 10.1 Å². The fourth-order valence-electron chi connectivity index (χ4n) is 2.28. The highest BCUT2D eigenvalue weighted by Gasteiger charge is 2.07. The quantitative estimate of drug-likeness (QED) is 0.709. The minimum absolute atomic E-state index is 0.265. The molecule has 7 heteroatoms. The number of thiazole rings is 1. The number of hydrogen-bond donors (Lipinski definition) is 2. The van der Waals surface area contributed by atoms with E-state index in [-0.39, 0.29) is 6.03 Å². The number of pyridine rings is 1. The second-order valence-electron chi connectivity index (χ2n) is 5.26. The van der Waals surface area contributed by atoms with E-state index in [1.54, 1.807) is 19.5 Å². The third-order valence-corrected chi connectivity index (χ3v) is 4.29. The molecule has 0 spiro atoms. The highest BCUT2D eigenvalue weighted by Crippen LogP contribution is 2.24. The number of rotatable bonds is 6. The Hall–Kier alpha value is -2.93. The number of amides is 2. The summed E-state index contributed by atoms with van der Waals surface area (Å²) in [4.78, 5) is 20.4. The van der Waals surface area contributed by atoms with Gasteiger partial charge in [0, 0.05) is 29.9 Å². The van der Waals surface area contributed by atoms with Gasteiger partial charge in [-0.15, -0.1) is 11.3 Å². The number of carbonyl (C=O) groups excluding carboxylic acids is 1. The molecule has 3 aromatic rings. The van der Waals surface area contributed by atoms with Crippen LogP contribution in [0.1, 0.15) is 5.56 Å². The predicted molar refractivity (Wildman–Crippen MR) is 99.1 cm³/mol. The summed E-state index contributed by atoms with van der Waals surface area (Å²) in [6.07, 6.45) is 4.16.